The van der Waals surface area contributed by atoms with Crippen molar-refractivity contribution in [3.63, 3.8) is 0 Å². The van der Waals surface area contributed by atoms with E-state index in [0.29, 0.717) is 10.9 Å². The lowest BCUT2D eigenvalue weighted by Crippen LogP contribution is -2.37. The van der Waals surface area contributed by atoms with Gasteiger partial charge in [0.25, 0.3) is 5.56 Å². The highest BCUT2D eigenvalue weighted by Crippen LogP contribution is 2.27. The van der Waals surface area contributed by atoms with Gasteiger partial charge in [-0.1, -0.05) is 30.3 Å². The van der Waals surface area contributed by atoms with Gasteiger partial charge >= 0.3 is 0 Å². The van der Waals surface area contributed by atoms with Gasteiger partial charge in [0, 0.05) is 43.2 Å². The van der Waals surface area contributed by atoms with Crippen molar-refractivity contribution < 1.29 is 8.78 Å². The second kappa shape index (κ2) is 7.00. The van der Waals surface area contributed by atoms with E-state index >= 15 is 0 Å². The third kappa shape index (κ3) is 3.27. The Morgan fingerprint density at radius 1 is 0.923 bits per heavy atom. The normalized spacial score (nSPS) is 16.2. The molecule has 4 rings (SSSR count). The van der Waals surface area contributed by atoms with Gasteiger partial charge in [0.2, 0.25) is 0 Å². The molecule has 1 aliphatic rings. The second-order valence-corrected chi connectivity index (χ2v) is 6.86. The maximum atomic E-state index is 13.7. The van der Waals surface area contributed by atoms with E-state index in [9.17, 15) is 13.6 Å². The minimum Gasteiger partial charge on any atom is -0.305 e. The van der Waals surface area contributed by atoms with Crippen molar-refractivity contribution in [2.75, 3.05) is 13.1 Å². The number of pyridine rings is 1. The summed E-state index contributed by atoms with van der Waals surface area (Å²) >= 11 is 0. The number of piperidine rings is 1. The van der Waals surface area contributed by atoms with Crippen LogP contribution in [0.3, 0.4) is 0 Å². The SMILES string of the molecule is O=c1ccc2cc(F)c(F)cc2n1C1CCN(Cc2ccccc2)CC1. The van der Waals surface area contributed by atoms with E-state index in [1.165, 1.54) is 11.6 Å². The first-order valence-corrected chi connectivity index (χ1v) is 8.88. The lowest BCUT2D eigenvalue weighted by atomic mass is 10.0. The Morgan fingerprint density at radius 3 is 2.35 bits per heavy atom. The fourth-order valence-electron chi connectivity index (χ4n) is 3.81. The van der Waals surface area contributed by atoms with Gasteiger partial charge in [-0.2, -0.15) is 0 Å². The van der Waals surface area contributed by atoms with Gasteiger partial charge in [-0.3, -0.25) is 9.69 Å². The number of rotatable bonds is 3. The summed E-state index contributed by atoms with van der Waals surface area (Å²) in [6.45, 7) is 2.62. The topological polar surface area (TPSA) is 25.2 Å². The number of hydrogen-bond acceptors (Lipinski definition) is 2. The standard InChI is InChI=1S/C21H20F2N2O/c22-18-12-16-6-7-21(26)25(20(16)13-19(18)23)17-8-10-24(11-9-17)14-15-4-2-1-3-5-15/h1-7,12-13,17H,8-11,14H2. The highest BCUT2D eigenvalue weighted by molar-refractivity contribution is 5.79. The Hall–Kier alpha value is -2.53. The predicted octanol–water partition coefficient (Wildman–Crippen LogP) is 4.12. The minimum absolute atomic E-state index is 0.00286. The summed E-state index contributed by atoms with van der Waals surface area (Å²) in [5.41, 5.74) is 1.58. The van der Waals surface area contributed by atoms with Crippen LogP contribution in [0.2, 0.25) is 0 Å². The average Bonchev–Trinajstić information content (AvgIpc) is 2.65. The molecule has 0 saturated carbocycles. The van der Waals surface area contributed by atoms with Crippen molar-refractivity contribution in [2.24, 2.45) is 0 Å². The Balaban J connectivity index is 1.57. The van der Waals surface area contributed by atoms with Crippen molar-refractivity contribution in [1.29, 1.82) is 0 Å². The van der Waals surface area contributed by atoms with Crippen molar-refractivity contribution in [3.8, 4) is 0 Å². The Bertz CT molecular complexity index is 976. The van der Waals surface area contributed by atoms with Crippen molar-refractivity contribution in [3.05, 3.63) is 82.1 Å². The molecule has 3 nitrogen and oxygen atoms in total. The highest BCUT2D eigenvalue weighted by Gasteiger charge is 2.23. The monoisotopic (exact) mass is 354 g/mol. The number of nitrogens with zero attached hydrogens (tertiary/aromatic N) is 2. The first-order valence-electron chi connectivity index (χ1n) is 8.88. The summed E-state index contributed by atoms with van der Waals surface area (Å²) in [7, 11) is 0. The van der Waals surface area contributed by atoms with Crippen molar-refractivity contribution in [2.45, 2.75) is 25.4 Å². The molecule has 26 heavy (non-hydrogen) atoms. The van der Waals surface area contributed by atoms with Crippen LogP contribution in [0.15, 0.2) is 59.4 Å². The van der Waals surface area contributed by atoms with Gasteiger partial charge in [-0.05, 0) is 30.5 Å². The lowest BCUT2D eigenvalue weighted by molar-refractivity contribution is 0.180. The number of fused-ring (bicyclic) bond motifs is 1. The lowest BCUT2D eigenvalue weighted by Gasteiger charge is -2.33. The number of hydrogen-bond donors (Lipinski definition) is 0. The van der Waals surface area contributed by atoms with Crippen LogP contribution in [0.25, 0.3) is 10.9 Å². The quantitative estimate of drug-likeness (QED) is 0.707. The van der Waals surface area contributed by atoms with Crippen molar-refractivity contribution in [1.82, 2.24) is 9.47 Å². The van der Waals surface area contributed by atoms with Crippen LogP contribution >= 0.6 is 0 Å². The maximum Gasteiger partial charge on any atom is 0.251 e. The molecule has 1 aliphatic heterocycles. The molecular formula is C21H20F2N2O. The molecule has 1 aromatic heterocycles. The molecule has 0 spiro atoms. The smallest absolute Gasteiger partial charge is 0.251 e. The van der Waals surface area contributed by atoms with E-state index < -0.39 is 11.6 Å². The molecule has 0 aliphatic carbocycles. The number of benzene rings is 2. The van der Waals surface area contributed by atoms with E-state index in [4.69, 9.17) is 0 Å². The number of likely N-dealkylation sites (tertiary alicyclic amines) is 1. The highest BCUT2D eigenvalue weighted by atomic mass is 19.2. The van der Waals surface area contributed by atoms with E-state index in [1.54, 1.807) is 10.6 Å². The third-order valence-electron chi connectivity index (χ3n) is 5.14. The molecule has 1 saturated heterocycles. The van der Waals surface area contributed by atoms with Crippen LogP contribution in [0.4, 0.5) is 8.78 Å². The molecular weight excluding hydrogens is 334 g/mol. The Kier molecular flexibility index (Phi) is 4.55. The maximum absolute atomic E-state index is 13.7. The number of halogens is 2. The third-order valence-corrected chi connectivity index (χ3v) is 5.14. The molecule has 0 unspecified atom stereocenters. The van der Waals surface area contributed by atoms with Crippen molar-refractivity contribution >= 4 is 10.9 Å². The molecule has 2 aromatic carbocycles. The molecule has 2 heterocycles. The second-order valence-electron chi connectivity index (χ2n) is 6.86. The fourth-order valence-corrected chi connectivity index (χ4v) is 3.81. The molecule has 0 amide bonds. The van der Waals surface area contributed by atoms with Crippen LogP contribution < -0.4 is 5.56 Å². The zero-order valence-electron chi connectivity index (χ0n) is 14.4. The summed E-state index contributed by atoms with van der Waals surface area (Å²) < 4.78 is 28.9. The van der Waals surface area contributed by atoms with Gasteiger partial charge in [0.15, 0.2) is 11.6 Å². The van der Waals surface area contributed by atoms with E-state index in [2.05, 4.69) is 17.0 Å². The largest absolute Gasteiger partial charge is 0.305 e. The van der Waals surface area contributed by atoms with Gasteiger partial charge in [-0.25, -0.2) is 8.78 Å². The van der Waals surface area contributed by atoms with Crippen LogP contribution in [-0.4, -0.2) is 22.6 Å². The summed E-state index contributed by atoms with van der Waals surface area (Å²) in [5.74, 6) is -1.81. The molecule has 5 heteroatoms. The first kappa shape index (κ1) is 16.9. The minimum atomic E-state index is -0.918. The van der Waals surface area contributed by atoms with Crippen LogP contribution in [0, 0.1) is 11.6 Å². The molecule has 0 atom stereocenters. The molecule has 3 aromatic rings. The molecule has 0 bridgehead atoms. The van der Waals surface area contributed by atoms with E-state index in [-0.39, 0.29) is 11.6 Å². The summed E-state index contributed by atoms with van der Waals surface area (Å²) in [6, 6.07) is 15.6. The molecule has 0 radical (unpaired) electrons. The van der Waals surface area contributed by atoms with Crippen LogP contribution in [-0.2, 0) is 6.54 Å². The van der Waals surface area contributed by atoms with Crippen LogP contribution in [0.1, 0.15) is 24.4 Å². The van der Waals surface area contributed by atoms with Gasteiger partial charge < -0.3 is 4.57 Å². The summed E-state index contributed by atoms with van der Waals surface area (Å²) in [6.07, 6.45) is 1.62. The van der Waals surface area contributed by atoms with Gasteiger partial charge in [0.1, 0.15) is 0 Å². The van der Waals surface area contributed by atoms with Gasteiger partial charge in [0.05, 0.1) is 5.52 Å². The number of aromatic nitrogens is 1. The van der Waals surface area contributed by atoms with Crippen LogP contribution in [0.5, 0.6) is 0 Å². The zero-order chi connectivity index (χ0) is 18.1. The summed E-state index contributed by atoms with van der Waals surface area (Å²) in [4.78, 5) is 14.8. The Morgan fingerprint density at radius 2 is 1.62 bits per heavy atom. The molecule has 1 fully saturated rings. The fraction of sp³-hybridized carbons (Fsp3) is 0.286. The Labute approximate surface area is 150 Å². The average molecular weight is 354 g/mol. The predicted molar refractivity (Wildman–Crippen MR) is 98.1 cm³/mol. The molecule has 134 valence electrons. The molecule has 0 N–H and O–H groups in total. The van der Waals surface area contributed by atoms with E-state index in [1.807, 2.05) is 18.2 Å². The van der Waals surface area contributed by atoms with E-state index in [0.717, 1.165) is 44.6 Å². The zero-order valence-corrected chi connectivity index (χ0v) is 14.4. The van der Waals surface area contributed by atoms with Gasteiger partial charge in [-0.15, -0.1) is 0 Å². The first-order chi connectivity index (χ1) is 12.6. The summed E-state index contributed by atoms with van der Waals surface area (Å²) in [5, 5.41) is 0.551.